The van der Waals surface area contributed by atoms with Crippen LogP contribution in [-0.2, 0) is 11.3 Å². The number of aliphatic hydroxyl groups is 1. The number of aliphatic hydroxyl groups excluding tert-OH is 1. The van der Waals surface area contributed by atoms with Crippen molar-refractivity contribution < 1.29 is 9.90 Å². The molecule has 0 aliphatic carbocycles. The third kappa shape index (κ3) is 7.92. The second-order valence-electron chi connectivity index (χ2n) is 6.31. The minimum absolute atomic E-state index is 0.0585. The van der Waals surface area contributed by atoms with E-state index < -0.39 is 6.10 Å². The van der Waals surface area contributed by atoms with Gasteiger partial charge in [-0.1, -0.05) is 51.1 Å². The normalized spacial score (nSPS) is 13.0. The first kappa shape index (κ1) is 16.7. The van der Waals surface area contributed by atoms with E-state index in [4.69, 9.17) is 0 Å². The molecule has 0 bridgehead atoms. The molecule has 1 amide bonds. The molecule has 0 aromatic heterocycles. The van der Waals surface area contributed by atoms with Gasteiger partial charge in [-0.25, -0.2) is 0 Å². The van der Waals surface area contributed by atoms with Gasteiger partial charge in [0, 0.05) is 13.1 Å². The zero-order valence-corrected chi connectivity index (χ0v) is 12.6. The van der Waals surface area contributed by atoms with Crippen LogP contribution in [0.1, 0.15) is 32.8 Å². The van der Waals surface area contributed by atoms with E-state index in [1.165, 1.54) is 0 Å². The van der Waals surface area contributed by atoms with Gasteiger partial charge in [-0.3, -0.25) is 4.79 Å². The van der Waals surface area contributed by atoms with E-state index in [0.29, 0.717) is 19.5 Å². The van der Waals surface area contributed by atoms with Gasteiger partial charge in [-0.05, 0) is 17.4 Å². The summed E-state index contributed by atoms with van der Waals surface area (Å²) < 4.78 is 0. The van der Waals surface area contributed by atoms with Gasteiger partial charge in [0.05, 0.1) is 12.6 Å². The number of nitrogens with one attached hydrogen (secondary N) is 2. The molecule has 0 saturated carbocycles. The average Bonchev–Trinajstić information content (AvgIpc) is 2.35. The molecule has 0 spiro atoms. The maximum absolute atomic E-state index is 11.6. The minimum atomic E-state index is -0.420. The van der Waals surface area contributed by atoms with Crippen LogP contribution in [0.25, 0.3) is 0 Å². The molecule has 1 atom stereocenters. The van der Waals surface area contributed by atoms with Crippen LogP contribution in [0.15, 0.2) is 30.3 Å². The largest absolute Gasteiger partial charge is 0.392 e. The number of hydrogen-bond donors (Lipinski definition) is 3. The Labute approximate surface area is 121 Å². The monoisotopic (exact) mass is 278 g/mol. The Bertz CT molecular complexity index is 399. The van der Waals surface area contributed by atoms with E-state index in [-0.39, 0.29) is 17.9 Å². The highest BCUT2D eigenvalue weighted by atomic mass is 16.3. The maximum atomic E-state index is 11.6. The van der Waals surface area contributed by atoms with E-state index in [1.54, 1.807) is 0 Å². The van der Waals surface area contributed by atoms with Gasteiger partial charge in [0.2, 0.25) is 5.91 Å². The molecule has 0 saturated heterocycles. The van der Waals surface area contributed by atoms with Crippen molar-refractivity contribution >= 4 is 5.91 Å². The van der Waals surface area contributed by atoms with Crippen LogP contribution >= 0.6 is 0 Å². The Balaban J connectivity index is 2.14. The molecular formula is C16H26N2O2. The third-order valence-corrected chi connectivity index (χ3v) is 2.85. The zero-order valence-electron chi connectivity index (χ0n) is 12.6. The molecule has 0 radical (unpaired) electrons. The lowest BCUT2D eigenvalue weighted by Gasteiger charge is -2.22. The Morgan fingerprint density at radius 2 is 1.90 bits per heavy atom. The van der Waals surface area contributed by atoms with Gasteiger partial charge >= 0.3 is 0 Å². The fourth-order valence-corrected chi connectivity index (χ4v) is 1.99. The van der Waals surface area contributed by atoms with Crippen LogP contribution in [0.3, 0.4) is 0 Å². The summed E-state index contributed by atoms with van der Waals surface area (Å²) in [5.41, 5.74) is 1.17. The van der Waals surface area contributed by atoms with E-state index in [0.717, 1.165) is 5.56 Å². The quantitative estimate of drug-likeness (QED) is 0.711. The van der Waals surface area contributed by atoms with Crippen molar-refractivity contribution in [1.29, 1.82) is 0 Å². The lowest BCUT2D eigenvalue weighted by atomic mass is 9.89. The fraction of sp³-hybridized carbons (Fsp3) is 0.562. The van der Waals surface area contributed by atoms with Gasteiger partial charge in [0.15, 0.2) is 0 Å². The second-order valence-corrected chi connectivity index (χ2v) is 6.31. The Kier molecular flexibility index (Phi) is 6.68. The summed E-state index contributed by atoms with van der Waals surface area (Å²) in [6.45, 7) is 7.46. The van der Waals surface area contributed by atoms with Gasteiger partial charge < -0.3 is 15.7 Å². The summed E-state index contributed by atoms with van der Waals surface area (Å²) >= 11 is 0. The Morgan fingerprint density at radius 1 is 1.25 bits per heavy atom. The zero-order chi connectivity index (χ0) is 15.0. The van der Waals surface area contributed by atoms with Gasteiger partial charge in [-0.2, -0.15) is 0 Å². The summed E-state index contributed by atoms with van der Waals surface area (Å²) in [6.07, 6.45) is 0.294. The lowest BCUT2D eigenvalue weighted by molar-refractivity contribution is -0.120. The molecule has 0 heterocycles. The Morgan fingerprint density at radius 3 is 2.50 bits per heavy atom. The van der Waals surface area contributed by atoms with Gasteiger partial charge in [-0.15, -0.1) is 0 Å². The number of carbonyl (C=O) groups excluding carboxylic acids is 1. The second kappa shape index (κ2) is 8.02. The molecule has 3 N–H and O–H groups in total. The third-order valence-electron chi connectivity index (χ3n) is 2.85. The van der Waals surface area contributed by atoms with Crippen molar-refractivity contribution in [3.63, 3.8) is 0 Å². The van der Waals surface area contributed by atoms with E-state index in [1.807, 2.05) is 30.3 Å². The van der Waals surface area contributed by atoms with Crippen LogP contribution in [0.2, 0.25) is 0 Å². The molecule has 4 heteroatoms. The van der Waals surface area contributed by atoms with Crippen molar-refractivity contribution in [2.45, 2.75) is 39.8 Å². The van der Waals surface area contributed by atoms with Crippen LogP contribution in [-0.4, -0.2) is 30.2 Å². The predicted octanol–water partition coefficient (Wildman–Crippen LogP) is 1.69. The predicted molar refractivity (Wildman–Crippen MR) is 81.2 cm³/mol. The lowest BCUT2D eigenvalue weighted by Crippen LogP contribution is -2.38. The van der Waals surface area contributed by atoms with E-state index in [2.05, 4.69) is 31.4 Å². The maximum Gasteiger partial charge on any atom is 0.234 e. The topological polar surface area (TPSA) is 61.4 Å². The molecule has 112 valence electrons. The number of benzene rings is 1. The minimum Gasteiger partial charge on any atom is -0.392 e. The number of hydrogen-bond acceptors (Lipinski definition) is 3. The molecule has 1 aromatic carbocycles. The highest BCUT2D eigenvalue weighted by molar-refractivity contribution is 5.77. The van der Waals surface area contributed by atoms with Crippen LogP contribution < -0.4 is 10.6 Å². The number of amides is 1. The molecule has 1 rings (SSSR count). The molecule has 0 aliphatic heterocycles. The summed E-state index contributed by atoms with van der Waals surface area (Å²) in [5.74, 6) is -0.0585. The average molecular weight is 278 g/mol. The van der Waals surface area contributed by atoms with Crippen molar-refractivity contribution in [3.8, 4) is 0 Å². The number of carbonyl (C=O) groups is 1. The SMILES string of the molecule is CC(C)(C)CC(O)CNCC(=O)NCc1ccccc1. The fourth-order valence-electron chi connectivity index (χ4n) is 1.99. The van der Waals surface area contributed by atoms with E-state index >= 15 is 0 Å². The molecule has 0 aliphatic rings. The first-order valence-electron chi connectivity index (χ1n) is 7.06. The molecule has 0 fully saturated rings. The van der Waals surface area contributed by atoms with Crippen LogP contribution in [0.4, 0.5) is 0 Å². The summed E-state index contributed by atoms with van der Waals surface area (Å²) in [7, 11) is 0. The highest BCUT2D eigenvalue weighted by Crippen LogP contribution is 2.20. The molecule has 1 aromatic rings. The van der Waals surface area contributed by atoms with Gasteiger partial charge in [0.1, 0.15) is 0 Å². The van der Waals surface area contributed by atoms with Crippen molar-refractivity contribution in [2.75, 3.05) is 13.1 Å². The van der Waals surface area contributed by atoms with Crippen molar-refractivity contribution in [2.24, 2.45) is 5.41 Å². The molecule has 20 heavy (non-hydrogen) atoms. The molecule has 4 nitrogen and oxygen atoms in total. The first-order chi connectivity index (χ1) is 9.37. The van der Waals surface area contributed by atoms with Crippen LogP contribution in [0, 0.1) is 5.41 Å². The molecule has 1 unspecified atom stereocenters. The molecular weight excluding hydrogens is 252 g/mol. The van der Waals surface area contributed by atoms with Gasteiger partial charge in [0.25, 0.3) is 0 Å². The number of rotatable bonds is 7. The summed E-state index contributed by atoms with van der Waals surface area (Å²) in [4.78, 5) is 11.6. The van der Waals surface area contributed by atoms with Crippen LogP contribution in [0.5, 0.6) is 0 Å². The van der Waals surface area contributed by atoms with Crippen molar-refractivity contribution in [1.82, 2.24) is 10.6 Å². The smallest absolute Gasteiger partial charge is 0.234 e. The summed E-state index contributed by atoms with van der Waals surface area (Å²) in [5, 5.41) is 15.6. The van der Waals surface area contributed by atoms with E-state index in [9.17, 15) is 9.90 Å². The Hall–Kier alpha value is -1.39. The standard InChI is InChI=1S/C16H26N2O2/c1-16(2,3)9-14(19)11-17-12-15(20)18-10-13-7-5-4-6-8-13/h4-8,14,17,19H,9-12H2,1-3H3,(H,18,20). The highest BCUT2D eigenvalue weighted by Gasteiger charge is 2.16. The first-order valence-corrected chi connectivity index (χ1v) is 7.06. The summed E-state index contributed by atoms with van der Waals surface area (Å²) in [6, 6.07) is 9.79. The van der Waals surface area contributed by atoms with Crippen molar-refractivity contribution in [3.05, 3.63) is 35.9 Å².